The van der Waals surface area contributed by atoms with Crippen molar-refractivity contribution < 1.29 is 31.0 Å². The Kier molecular flexibility index (Phi) is 2.90. The standard InChI is InChI=1S/C7H6N2S.Na.H/c10-7-8-5-3-1-2-4-6(5)9-7;;/h1-4H,(H2,8,9,10);;/q;+1;-1. The molecule has 1 heterocycles. The van der Waals surface area contributed by atoms with E-state index in [9.17, 15) is 0 Å². The van der Waals surface area contributed by atoms with Crippen molar-refractivity contribution in [1.82, 2.24) is 9.97 Å². The zero-order valence-corrected chi connectivity index (χ0v) is 9.03. The van der Waals surface area contributed by atoms with Gasteiger partial charge in [-0.05, 0) is 24.4 Å². The third-order valence-electron chi connectivity index (χ3n) is 1.42. The fourth-order valence-electron chi connectivity index (χ4n) is 0.977. The number of H-pyrrole nitrogens is 2. The van der Waals surface area contributed by atoms with E-state index in [1.165, 1.54) is 0 Å². The van der Waals surface area contributed by atoms with E-state index in [4.69, 9.17) is 12.2 Å². The third kappa shape index (κ3) is 1.73. The van der Waals surface area contributed by atoms with Crippen LogP contribution in [0.3, 0.4) is 0 Å². The minimum atomic E-state index is 0. The Morgan fingerprint density at radius 3 is 2.00 bits per heavy atom. The van der Waals surface area contributed by atoms with E-state index < -0.39 is 0 Å². The molecule has 1 aromatic carbocycles. The molecule has 2 N–H and O–H groups in total. The van der Waals surface area contributed by atoms with Crippen LogP contribution in [-0.4, -0.2) is 9.97 Å². The first-order valence-corrected chi connectivity index (χ1v) is 3.44. The molecular formula is C7H7N2NaS. The van der Waals surface area contributed by atoms with E-state index in [0.717, 1.165) is 11.0 Å². The molecule has 2 rings (SSSR count). The summed E-state index contributed by atoms with van der Waals surface area (Å²) in [5.74, 6) is 0. The van der Waals surface area contributed by atoms with Gasteiger partial charge in [0.05, 0.1) is 11.0 Å². The quantitative estimate of drug-likeness (QED) is 0.403. The molecule has 0 radical (unpaired) electrons. The number of hydrogen-bond donors (Lipinski definition) is 2. The third-order valence-corrected chi connectivity index (χ3v) is 1.63. The minimum absolute atomic E-state index is 0. The molecule has 11 heavy (non-hydrogen) atoms. The van der Waals surface area contributed by atoms with Crippen LogP contribution in [0.4, 0.5) is 0 Å². The van der Waals surface area contributed by atoms with Crippen LogP contribution in [0.2, 0.25) is 0 Å². The van der Waals surface area contributed by atoms with Gasteiger partial charge in [0.15, 0.2) is 4.77 Å². The summed E-state index contributed by atoms with van der Waals surface area (Å²) in [7, 11) is 0. The number of hydrogen-bond acceptors (Lipinski definition) is 1. The molecule has 0 aliphatic rings. The van der Waals surface area contributed by atoms with E-state index in [-0.39, 0.29) is 31.0 Å². The smallest absolute Gasteiger partial charge is 1.00 e. The molecule has 0 fully saturated rings. The molecule has 0 atom stereocenters. The maximum atomic E-state index is 4.90. The minimum Gasteiger partial charge on any atom is -1.00 e. The number of rotatable bonds is 0. The van der Waals surface area contributed by atoms with Crippen LogP contribution in [0.25, 0.3) is 11.0 Å². The summed E-state index contributed by atoms with van der Waals surface area (Å²) < 4.78 is 0.682. The zero-order valence-electron chi connectivity index (χ0n) is 7.22. The number of aromatic nitrogens is 2. The Morgan fingerprint density at radius 1 is 1.09 bits per heavy atom. The maximum absolute atomic E-state index is 4.90. The SMILES string of the molecule is S=c1[nH]c2ccccc2[nH]1.[H-].[Na+]. The van der Waals surface area contributed by atoms with Crippen LogP contribution in [-0.2, 0) is 0 Å². The maximum Gasteiger partial charge on any atom is 1.00 e. The van der Waals surface area contributed by atoms with Gasteiger partial charge in [-0.3, -0.25) is 0 Å². The molecule has 0 amide bonds. The number of benzene rings is 1. The van der Waals surface area contributed by atoms with Crippen LogP contribution < -0.4 is 29.6 Å². The molecule has 0 bridgehead atoms. The Bertz CT molecular complexity index is 373. The van der Waals surface area contributed by atoms with Crippen molar-refractivity contribution in [1.29, 1.82) is 0 Å². The van der Waals surface area contributed by atoms with Crippen molar-refractivity contribution in [2.24, 2.45) is 0 Å². The van der Waals surface area contributed by atoms with Gasteiger partial charge in [0.2, 0.25) is 0 Å². The summed E-state index contributed by atoms with van der Waals surface area (Å²) in [6.07, 6.45) is 0. The Balaban J connectivity index is 0.000000605. The van der Waals surface area contributed by atoms with Gasteiger partial charge < -0.3 is 11.4 Å². The number of fused-ring (bicyclic) bond motifs is 1. The molecule has 0 aliphatic heterocycles. The Hall–Kier alpha value is -0.0900. The summed E-state index contributed by atoms with van der Waals surface area (Å²) in [4.78, 5) is 6.04. The summed E-state index contributed by atoms with van der Waals surface area (Å²) in [5.41, 5.74) is 2.13. The van der Waals surface area contributed by atoms with E-state index in [1.807, 2.05) is 24.3 Å². The normalized spacial score (nSPS) is 9.45. The Morgan fingerprint density at radius 2 is 1.55 bits per heavy atom. The summed E-state index contributed by atoms with van der Waals surface area (Å²) in [6.45, 7) is 0. The molecule has 1 aromatic heterocycles. The van der Waals surface area contributed by atoms with E-state index >= 15 is 0 Å². The van der Waals surface area contributed by atoms with Gasteiger partial charge in [-0.15, -0.1) is 0 Å². The first kappa shape index (κ1) is 9.00. The van der Waals surface area contributed by atoms with E-state index in [0.29, 0.717) is 4.77 Å². The molecule has 0 aliphatic carbocycles. The predicted molar refractivity (Wildman–Crippen MR) is 44.6 cm³/mol. The molecule has 52 valence electrons. The fourth-order valence-corrected chi connectivity index (χ4v) is 1.20. The second kappa shape index (κ2) is 3.54. The monoisotopic (exact) mass is 174 g/mol. The fraction of sp³-hybridized carbons (Fsp3) is 0. The van der Waals surface area contributed by atoms with Crippen molar-refractivity contribution in [3.63, 3.8) is 0 Å². The molecule has 2 nitrogen and oxygen atoms in total. The second-order valence-electron chi connectivity index (χ2n) is 2.12. The molecule has 0 saturated heterocycles. The molecule has 0 spiro atoms. The number of aromatic amines is 2. The van der Waals surface area contributed by atoms with E-state index in [2.05, 4.69) is 9.97 Å². The van der Waals surface area contributed by atoms with Crippen LogP contribution >= 0.6 is 12.2 Å². The van der Waals surface area contributed by atoms with Gasteiger partial charge in [0.25, 0.3) is 0 Å². The van der Waals surface area contributed by atoms with Crippen molar-refractivity contribution in [2.75, 3.05) is 0 Å². The summed E-state index contributed by atoms with van der Waals surface area (Å²) in [6, 6.07) is 7.92. The first-order valence-electron chi connectivity index (χ1n) is 3.03. The average Bonchev–Trinajstić information content (AvgIpc) is 2.27. The van der Waals surface area contributed by atoms with Gasteiger partial charge >= 0.3 is 29.6 Å². The van der Waals surface area contributed by atoms with E-state index in [1.54, 1.807) is 0 Å². The van der Waals surface area contributed by atoms with Crippen LogP contribution in [0.15, 0.2) is 24.3 Å². The molecule has 0 unspecified atom stereocenters. The van der Waals surface area contributed by atoms with Gasteiger partial charge in [0.1, 0.15) is 0 Å². The number of para-hydroxylation sites is 2. The number of nitrogens with one attached hydrogen (secondary N) is 2. The molecule has 2 aromatic rings. The van der Waals surface area contributed by atoms with Crippen LogP contribution in [0.1, 0.15) is 1.43 Å². The average molecular weight is 174 g/mol. The van der Waals surface area contributed by atoms with Crippen molar-refractivity contribution >= 4 is 23.3 Å². The van der Waals surface area contributed by atoms with Crippen molar-refractivity contribution in [2.45, 2.75) is 0 Å². The topological polar surface area (TPSA) is 31.6 Å². The predicted octanol–water partition coefficient (Wildman–Crippen LogP) is -0.658. The van der Waals surface area contributed by atoms with Gasteiger partial charge in [0, 0.05) is 0 Å². The molecule has 4 heteroatoms. The van der Waals surface area contributed by atoms with Crippen molar-refractivity contribution in [3.8, 4) is 0 Å². The molecule has 0 saturated carbocycles. The molecular weight excluding hydrogens is 167 g/mol. The first-order chi connectivity index (χ1) is 4.86. The second-order valence-corrected chi connectivity index (χ2v) is 2.53. The van der Waals surface area contributed by atoms with Gasteiger partial charge in [-0.1, -0.05) is 12.1 Å². The zero-order chi connectivity index (χ0) is 6.97. The largest absolute Gasteiger partial charge is 1.00 e. The van der Waals surface area contributed by atoms with Crippen molar-refractivity contribution in [3.05, 3.63) is 29.0 Å². The van der Waals surface area contributed by atoms with Crippen LogP contribution in [0.5, 0.6) is 0 Å². The van der Waals surface area contributed by atoms with Crippen LogP contribution in [0, 0.1) is 4.77 Å². The number of imidazole rings is 1. The van der Waals surface area contributed by atoms with Gasteiger partial charge in [-0.25, -0.2) is 0 Å². The van der Waals surface area contributed by atoms with Gasteiger partial charge in [-0.2, -0.15) is 0 Å². The summed E-state index contributed by atoms with van der Waals surface area (Å²) >= 11 is 4.90. The Labute approximate surface area is 92.8 Å². The summed E-state index contributed by atoms with van der Waals surface area (Å²) in [5, 5.41) is 0.